The predicted octanol–water partition coefficient (Wildman–Crippen LogP) is 2.94. The van der Waals surface area contributed by atoms with Crippen molar-refractivity contribution in [3.8, 4) is 0 Å². The van der Waals surface area contributed by atoms with Gasteiger partial charge in [0, 0.05) is 3.92 Å². The van der Waals surface area contributed by atoms with Crippen LogP contribution >= 0.6 is 22.6 Å². The van der Waals surface area contributed by atoms with E-state index in [4.69, 9.17) is 0 Å². The van der Waals surface area contributed by atoms with E-state index in [1.54, 1.807) is 0 Å². The second-order valence-electron chi connectivity index (χ2n) is 2.56. The lowest BCUT2D eigenvalue weighted by Gasteiger charge is -2.18. The molecule has 9 heavy (non-hydrogen) atoms. The minimum Gasteiger partial charge on any atom is -0.0803 e. The number of halogens is 1. The molecule has 1 aliphatic rings. The van der Waals surface area contributed by atoms with Gasteiger partial charge in [-0.1, -0.05) is 53.3 Å². The fourth-order valence-corrected chi connectivity index (χ4v) is 1.43. The van der Waals surface area contributed by atoms with Crippen LogP contribution in [0.1, 0.15) is 13.8 Å². The monoisotopic (exact) mass is 234 g/mol. The average Bonchev–Trinajstić information content (AvgIpc) is 1.83. The van der Waals surface area contributed by atoms with Crippen LogP contribution in [0.5, 0.6) is 0 Å². The summed E-state index contributed by atoms with van der Waals surface area (Å²) in [5.41, 5.74) is 1.49. The summed E-state index contributed by atoms with van der Waals surface area (Å²) < 4.78 is 0.715. The van der Waals surface area contributed by atoms with Crippen LogP contribution in [0.3, 0.4) is 0 Å². The third-order valence-electron chi connectivity index (χ3n) is 1.67. The number of alkyl halides is 1. The van der Waals surface area contributed by atoms with E-state index in [1.807, 2.05) is 0 Å². The first kappa shape index (κ1) is 7.32. The number of rotatable bonds is 0. The van der Waals surface area contributed by atoms with Crippen LogP contribution in [-0.4, -0.2) is 3.92 Å². The Hall–Kier alpha value is 0.210. The zero-order valence-electron chi connectivity index (χ0n) is 5.76. The van der Waals surface area contributed by atoms with Crippen LogP contribution in [0.15, 0.2) is 23.8 Å². The van der Waals surface area contributed by atoms with Crippen molar-refractivity contribution < 1.29 is 0 Å². The van der Waals surface area contributed by atoms with Crippen molar-refractivity contribution in [3.63, 3.8) is 0 Å². The summed E-state index contributed by atoms with van der Waals surface area (Å²) in [6, 6.07) is 0. The summed E-state index contributed by atoms with van der Waals surface area (Å²) in [6.07, 6.45) is 6.59. The maximum atomic E-state index is 2.49. The molecule has 0 heterocycles. The van der Waals surface area contributed by atoms with Gasteiger partial charge in [-0.2, -0.15) is 0 Å². The van der Waals surface area contributed by atoms with E-state index >= 15 is 0 Å². The van der Waals surface area contributed by atoms with E-state index in [2.05, 4.69) is 54.7 Å². The van der Waals surface area contributed by atoms with Crippen molar-refractivity contribution in [2.45, 2.75) is 17.8 Å². The Morgan fingerprint density at radius 1 is 1.56 bits per heavy atom. The Bertz CT molecular complexity index is 156. The van der Waals surface area contributed by atoms with Crippen molar-refractivity contribution in [1.82, 2.24) is 0 Å². The molecule has 0 nitrogen and oxygen atoms in total. The largest absolute Gasteiger partial charge is 0.0803 e. The van der Waals surface area contributed by atoms with Gasteiger partial charge in [0.25, 0.3) is 0 Å². The molecule has 0 saturated heterocycles. The van der Waals surface area contributed by atoms with Crippen molar-refractivity contribution in [2.24, 2.45) is 5.92 Å². The summed E-state index contributed by atoms with van der Waals surface area (Å²) in [7, 11) is 0. The molecule has 0 bridgehead atoms. The molecule has 50 valence electrons. The highest BCUT2D eigenvalue weighted by Gasteiger charge is 2.14. The fourth-order valence-electron chi connectivity index (χ4n) is 0.987. The molecule has 1 aliphatic carbocycles. The molecule has 0 aliphatic heterocycles. The van der Waals surface area contributed by atoms with Crippen LogP contribution in [-0.2, 0) is 0 Å². The predicted molar refractivity (Wildman–Crippen MR) is 49.9 cm³/mol. The molecule has 0 aromatic heterocycles. The molecule has 0 aromatic rings. The van der Waals surface area contributed by atoms with Gasteiger partial charge in [-0.3, -0.25) is 0 Å². The Morgan fingerprint density at radius 3 is 2.67 bits per heavy atom. The molecule has 0 N–H and O–H groups in total. The highest BCUT2D eigenvalue weighted by Crippen LogP contribution is 2.25. The van der Waals surface area contributed by atoms with Crippen molar-refractivity contribution in [2.75, 3.05) is 0 Å². The zero-order valence-corrected chi connectivity index (χ0v) is 7.92. The Morgan fingerprint density at radius 2 is 2.22 bits per heavy atom. The Kier molecular flexibility index (Phi) is 2.33. The smallest absolute Gasteiger partial charge is 0.0379 e. The van der Waals surface area contributed by atoms with E-state index in [-0.39, 0.29) is 0 Å². The van der Waals surface area contributed by atoms with Gasteiger partial charge in [-0.25, -0.2) is 0 Å². The SMILES string of the molecule is CC1=CC=CC(C)C1I. The van der Waals surface area contributed by atoms with Gasteiger partial charge in [0.1, 0.15) is 0 Å². The first-order valence-electron chi connectivity index (χ1n) is 3.21. The molecular formula is C8H11I. The second-order valence-corrected chi connectivity index (χ2v) is 3.90. The van der Waals surface area contributed by atoms with Crippen LogP contribution < -0.4 is 0 Å². The van der Waals surface area contributed by atoms with Crippen molar-refractivity contribution in [1.29, 1.82) is 0 Å². The van der Waals surface area contributed by atoms with Crippen LogP contribution in [0.25, 0.3) is 0 Å². The lowest BCUT2D eigenvalue weighted by Crippen LogP contribution is -2.11. The second kappa shape index (κ2) is 2.86. The van der Waals surface area contributed by atoms with Gasteiger partial charge in [-0.05, 0) is 12.8 Å². The van der Waals surface area contributed by atoms with Gasteiger partial charge in [0.2, 0.25) is 0 Å². The fraction of sp³-hybridized carbons (Fsp3) is 0.500. The van der Waals surface area contributed by atoms with Gasteiger partial charge in [0.15, 0.2) is 0 Å². The van der Waals surface area contributed by atoms with Gasteiger partial charge in [0.05, 0.1) is 0 Å². The molecule has 1 rings (SSSR count). The molecule has 0 amide bonds. The third-order valence-corrected chi connectivity index (χ3v) is 3.79. The minimum atomic E-state index is 0.715. The maximum absolute atomic E-state index is 2.49. The molecule has 0 saturated carbocycles. The molecule has 2 atom stereocenters. The minimum absolute atomic E-state index is 0.715. The third kappa shape index (κ3) is 1.57. The Labute approximate surface area is 70.2 Å². The lowest BCUT2D eigenvalue weighted by molar-refractivity contribution is 0.745. The highest BCUT2D eigenvalue weighted by atomic mass is 127. The summed E-state index contributed by atoms with van der Waals surface area (Å²) in [5.74, 6) is 0.718. The maximum Gasteiger partial charge on any atom is 0.0379 e. The van der Waals surface area contributed by atoms with E-state index in [0.29, 0.717) is 3.92 Å². The quantitative estimate of drug-likeness (QED) is 0.446. The molecule has 1 heteroatoms. The van der Waals surface area contributed by atoms with E-state index in [1.165, 1.54) is 5.57 Å². The molecule has 0 aromatic carbocycles. The number of allylic oxidation sites excluding steroid dienone is 4. The molecular weight excluding hydrogens is 223 g/mol. The summed E-state index contributed by atoms with van der Waals surface area (Å²) in [6.45, 7) is 4.45. The van der Waals surface area contributed by atoms with Crippen LogP contribution in [0.2, 0.25) is 0 Å². The number of hydrogen-bond acceptors (Lipinski definition) is 0. The summed E-state index contributed by atoms with van der Waals surface area (Å²) in [5, 5.41) is 0. The summed E-state index contributed by atoms with van der Waals surface area (Å²) in [4.78, 5) is 0. The van der Waals surface area contributed by atoms with Crippen molar-refractivity contribution >= 4 is 22.6 Å². The van der Waals surface area contributed by atoms with E-state index in [0.717, 1.165) is 5.92 Å². The molecule has 0 fully saturated rings. The Balaban J connectivity index is 2.73. The van der Waals surface area contributed by atoms with E-state index < -0.39 is 0 Å². The molecule has 0 spiro atoms. The normalized spacial score (nSPS) is 34.3. The standard InChI is InChI=1S/C8H11I/c1-6-4-3-5-7(2)8(6)9/h3-6,8H,1-2H3. The summed E-state index contributed by atoms with van der Waals surface area (Å²) >= 11 is 2.49. The molecule has 0 radical (unpaired) electrons. The van der Waals surface area contributed by atoms with E-state index in [9.17, 15) is 0 Å². The van der Waals surface area contributed by atoms with Gasteiger partial charge < -0.3 is 0 Å². The van der Waals surface area contributed by atoms with Crippen molar-refractivity contribution in [3.05, 3.63) is 23.8 Å². The van der Waals surface area contributed by atoms with Gasteiger partial charge >= 0.3 is 0 Å². The van der Waals surface area contributed by atoms with Crippen LogP contribution in [0.4, 0.5) is 0 Å². The first-order valence-corrected chi connectivity index (χ1v) is 4.45. The number of hydrogen-bond donors (Lipinski definition) is 0. The lowest BCUT2D eigenvalue weighted by atomic mass is 9.97. The first-order chi connectivity index (χ1) is 4.22. The van der Waals surface area contributed by atoms with Gasteiger partial charge in [-0.15, -0.1) is 0 Å². The zero-order chi connectivity index (χ0) is 6.85. The highest BCUT2D eigenvalue weighted by molar-refractivity contribution is 14.1. The average molecular weight is 234 g/mol. The van der Waals surface area contributed by atoms with Crippen LogP contribution in [0, 0.1) is 5.92 Å². The topological polar surface area (TPSA) is 0 Å². The molecule has 2 unspecified atom stereocenters.